The lowest BCUT2D eigenvalue weighted by Gasteiger charge is -2.46. The van der Waals surface area contributed by atoms with Crippen LogP contribution in [0.1, 0.15) is 5.56 Å². The first kappa shape index (κ1) is 19.2. The maximum Gasteiger partial charge on any atom is 0.475 e. The van der Waals surface area contributed by atoms with Gasteiger partial charge in [-0.05, 0) is 12.1 Å². The van der Waals surface area contributed by atoms with E-state index in [1.807, 2.05) is 0 Å². The van der Waals surface area contributed by atoms with Gasteiger partial charge in [0.25, 0.3) is 11.2 Å². The molecule has 0 aliphatic carbocycles. The molecule has 0 aromatic heterocycles. The highest BCUT2D eigenvalue weighted by Gasteiger charge is 2.74. The first-order valence-corrected chi connectivity index (χ1v) is 8.81. The van der Waals surface area contributed by atoms with Gasteiger partial charge in [-0.25, -0.2) is 0 Å². The standard InChI is InChI=1S/C11H11F6NO4S2/c1-19-24(20-2)21-9(8-6-4-3-5-7-8)18-23(22-24,10(12,13)14)11(15,16)17/h3-7H,1-2H3. The maximum absolute atomic E-state index is 13.3. The highest BCUT2D eigenvalue weighted by atomic mass is 32.4. The van der Waals surface area contributed by atoms with Gasteiger partial charge in [0, 0.05) is 5.56 Å². The Morgan fingerprint density at radius 1 is 0.917 bits per heavy atom. The van der Waals surface area contributed by atoms with E-state index in [4.69, 9.17) is 4.18 Å². The van der Waals surface area contributed by atoms with Crippen LogP contribution in [0.4, 0.5) is 26.3 Å². The zero-order valence-corrected chi connectivity index (χ0v) is 13.7. The summed E-state index contributed by atoms with van der Waals surface area (Å²) < 4.78 is 101. The summed E-state index contributed by atoms with van der Waals surface area (Å²) >= 11 is -4.08. The average molecular weight is 399 g/mol. The van der Waals surface area contributed by atoms with Crippen molar-refractivity contribution in [3.05, 3.63) is 35.9 Å². The van der Waals surface area contributed by atoms with Gasteiger partial charge in [-0.2, -0.15) is 34.4 Å². The summed E-state index contributed by atoms with van der Waals surface area (Å²) in [6, 6.07) is 6.77. The van der Waals surface area contributed by atoms with Crippen LogP contribution >= 0.6 is 21.6 Å². The van der Waals surface area contributed by atoms with Crippen LogP contribution in [0.2, 0.25) is 0 Å². The lowest BCUT2D eigenvalue weighted by molar-refractivity contribution is -0.0904. The van der Waals surface area contributed by atoms with E-state index in [9.17, 15) is 26.3 Å². The lowest BCUT2D eigenvalue weighted by atomic mass is 10.2. The van der Waals surface area contributed by atoms with Crippen LogP contribution in [0, 0.1) is 0 Å². The Labute approximate surface area is 136 Å². The number of hydrogen-bond donors (Lipinski definition) is 0. The van der Waals surface area contributed by atoms with Crippen LogP contribution in [0.3, 0.4) is 0 Å². The van der Waals surface area contributed by atoms with E-state index >= 15 is 0 Å². The van der Waals surface area contributed by atoms with Gasteiger partial charge in [-0.1, -0.05) is 18.2 Å². The first-order valence-electron chi connectivity index (χ1n) is 5.96. The molecule has 0 radical (unpaired) electrons. The zero-order chi connectivity index (χ0) is 18.2. The molecule has 0 N–H and O–H groups in total. The number of rotatable bonds is 3. The summed E-state index contributed by atoms with van der Waals surface area (Å²) in [4.78, 5) is 0. The van der Waals surface area contributed by atoms with E-state index in [2.05, 4.69) is 16.4 Å². The van der Waals surface area contributed by atoms with Gasteiger partial charge >= 0.3 is 11.0 Å². The van der Waals surface area contributed by atoms with Crippen molar-refractivity contribution in [2.24, 2.45) is 4.40 Å². The van der Waals surface area contributed by atoms with Crippen molar-refractivity contribution in [2.45, 2.75) is 11.0 Å². The predicted molar refractivity (Wildman–Crippen MR) is 76.5 cm³/mol. The van der Waals surface area contributed by atoms with Gasteiger partial charge in [-0.3, -0.25) is 8.37 Å². The van der Waals surface area contributed by atoms with Gasteiger partial charge < -0.3 is 4.18 Å². The quantitative estimate of drug-likeness (QED) is 0.678. The van der Waals surface area contributed by atoms with Crippen LogP contribution in [-0.4, -0.2) is 31.1 Å². The number of hydrogen-bond acceptors (Lipinski definition) is 5. The molecule has 24 heavy (non-hydrogen) atoms. The molecular weight excluding hydrogens is 388 g/mol. The SMILES string of the molecule is COS1(OC)OC(c2ccccc2)=NS(C(F)(F)F)(C(F)(F)F)O1. The second kappa shape index (κ2) is 6.29. The summed E-state index contributed by atoms with van der Waals surface area (Å²) in [5.41, 5.74) is -11.8. The molecule has 0 saturated heterocycles. The van der Waals surface area contributed by atoms with Gasteiger partial charge in [0.15, 0.2) is 10.5 Å². The third-order valence-corrected chi connectivity index (χ3v) is 6.94. The van der Waals surface area contributed by atoms with Crippen LogP contribution in [0.15, 0.2) is 34.7 Å². The van der Waals surface area contributed by atoms with E-state index < -0.39 is 38.6 Å². The van der Waals surface area contributed by atoms with Crippen molar-refractivity contribution in [1.82, 2.24) is 0 Å². The van der Waals surface area contributed by atoms with Crippen LogP contribution < -0.4 is 0 Å². The van der Waals surface area contributed by atoms with Crippen molar-refractivity contribution in [2.75, 3.05) is 14.2 Å². The van der Waals surface area contributed by atoms with Crippen molar-refractivity contribution in [3.8, 4) is 0 Å². The average Bonchev–Trinajstić information content (AvgIpc) is 2.53. The first-order chi connectivity index (χ1) is 11.0. The smallest absolute Gasteiger partial charge is 0.360 e. The third kappa shape index (κ3) is 3.18. The van der Waals surface area contributed by atoms with Crippen LogP contribution in [-0.2, 0) is 16.2 Å². The molecular formula is C11H11F6NO4S2. The molecule has 5 nitrogen and oxygen atoms in total. The van der Waals surface area contributed by atoms with Crippen LogP contribution in [0.25, 0.3) is 0 Å². The van der Waals surface area contributed by atoms with Crippen molar-refractivity contribution in [1.29, 1.82) is 0 Å². The minimum atomic E-state index is -6.01. The Morgan fingerprint density at radius 3 is 1.83 bits per heavy atom. The molecule has 1 aromatic carbocycles. The summed E-state index contributed by atoms with van der Waals surface area (Å²) in [5.74, 6) is -0.926. The van der Waals surface area contributed by atoms with Crippen molar-refractivity contribution in [3.63, 3.8) is 0 Å². The molecule has 0 amide bonds. The molecule has 0 fully saturated rings. The highest BCUT2D eigenvalue weighted by Crippen LogP contribution is 2.82. The highest BCUT2D eigenvalue weighted by molar-refractivity contribution is 8.38. The Bertz CT molecular complexity index is 603. The monoisotopic (exact) mass is 399 g/mol. The summed E-state index contributed by atoms with van der Waals surface area (Å²) in [6.07, 6.45) is 0. The van der Waals surface area contributed by atoms with Crippen molar-refractivity contribution < 1.29 is 42.5 Å². The van der Waals surface area contributed by atoms with Gasteiger partial charge in [0.2, 0.25) is 5.90 Å². The van der Waals surface area contributed by atoms with E-state index in [1.165, 1.54) is 30.3 Å². The van der Waals surface area contributed by atoms with Gasteiger partial charge in [0.1, 0.15) is 0 Å². The molecule has 1 heterocycles. The normalized spacial score (nSPS) is 22.9. The third-order valence-electron chi connectivity index (χ3n) is 2.63. The number of benzene rings is 1. The molecule has 1 aliphatic heterocycles. The molecule has 1 aromatic rings. The fraction of sp³-hybridized carbons (Fsp3) is 0.364. The number of halogens is 6. The van der Waals surface area contributed by atoms with Gasteiger partial charge in [-0.15, -0.1) is 0 Å². The second-order valence-electron chi connectivity index (χ2n) is 4.07. The van der Waals surface area contributed by atoms with E-state index in [-0.39, 0.29) is 5.56 Å². The molecule has 0 unspecified atom stereocenters. The lowest BCUT2D eigenvalue weighted by Crippen LogP contribution is -2.39. The van der Waals surface area contributed by atoms with Crippen LogP contribution in [0.5, 0.6) is 0 Å². The Balaban J connectivity index is 2.72. The maximum atomic E-state index is 13.3. The molecule has 0 bridgehead atoms. The number of alkyl halides is 6. The van der Waals surface area contributed by atoms with E-state index in [1.54, 1.807) is 0 Å². The Kier molecular flexibility index (Phi) is 5.03. The summed E-state index contributed by atoms with van der Waals surface area (Å²) in [7, 11) is -4.39. The van der Waals surface area contributed by atoms with Crippen molar-refractivity contribution >= 4 is 27.5 Å². The topological polar surface area (TPSA) is 49.3 Å². The molecule has 0 spiro atoms. The summed E-state index contributed by atoms with van der Waals surface area (Å²) in [6.45, 7) is 0. The zero-order valence-electron chi connectivity index (χ0n) is 12.1. The van der Waals surface area contributed by atoms with E-state index in [0.29, 0.717) is 0 Å². The summed E-state index contributed by atoms with van der Waals surface area (Å²) in [5, 5.41) is 0. The fourth-order valence-corrected chi connectivity index (χ4v) is 5.31. The Morgan fingerprint density at radius 2 is 1.42 bits per heavy atom. The Hall–Kier alpha value is -1.15. The predicted octanol–water partition coefficient (Wildman–Crippen LogP) is 4.91. The largest absolute Gasteiger partial charge is 0.475 e. The molecule has 138 valence electrons. The molecule has 1 aliphatic rings. The number of nitrogens with zero attached hydrogens (tertiary/aromatic N) is 1. The van der Waals surface area contributed by atoms with Gasteiger partial charge in [0.05, 0.1) is 14.2 Å². The molecule has 0 saturated carbocycles. The fourth-order valence-electron chi connectivity index (χ4n) is 1.56. The minimum absolute atomic E-state index is 0.114. The second-order valence-corrected chi connectivity index (χ2v) is 8.43. The molecule has 0 atom stereocenters. The minimum Gasteiger partial charge on any atom is -0.360 e. The molecule has 13 heteroatoms. The molecule has 2 rings (SSSR count). The van der Waals surface area contributed by atoms with E-state index in [0.717, 1.165) is 14.2 Å².